The molecule has 0 N–H and O–H groups in total. The molecular weight excluding hydrogens is 400 g/mol. The van der Waals surface area contributed by atoms with E-state index in [1.54, 1.807) is 30.0 Å². The molecule has 1 atom stereocenters. The van der Waals surface area contributed by atoms with Crippen LogP contribution in [0.1, 0.15) is 18.4 Å². The molecular formula is C24H21ClN2O3. The predicted octanol–water partition coefficient (Wildman–Crippen LogP) is 5.48. The van der Waals surface area contributed by atoms with E-state index in [2.05, 4.69) is 4.98 Å². The molecule has 4 rings (SSSR count). The summed E-state index contributed by atoms with van der Waals surface area (Å²) >= 11 is 6.05. The normalized spacial score (nSPS) is 11.9. The molecule has 3 aromatic carbocycles. The Morgan fingerprint density at radius 3 is 2.47 bits per heavy atom. The Bertz CT molecular complexity index is 1130. The summed E-state index contributed by atoms with van der Waals surface area (Å²) in [4.78, 5) is 19.4. The summed E-state index contributed by atoms with van der Waals surface area (Å²) < 4.78 is 11.7. The number of hydrogen-bond acceptors (Lipinski definition) is 4. The van der Waals surface area contributed by atoms with Crippen LogP contribution in [-0.2, 0) is 17.9 Å². The van der Waals surface area contributed by atoms with Gasteiger partial charge in [0.15, 0.2) is 11.7 Å². The zero-order valence-corrected chi connectivity index (χ0v) is 17.3. The van der Waals surface area contributed by atoms with Crippen molar-refractivity contribution in [3.63, 3.8) is 0 Å². The number of amides is 1. The number of halogens is 1. The zero-order valence-electron chi connectivity index (χ0n) is 16.5. The monoisotopic (exact) mass is 420 g/mol. The average molecular weight is 421 g/mol. The molecule has 1 amide bonds. The molecule has 30 heavy (non-hydrogen) atoms. The molecule has 0 aliphatic heterocycles. The Hall–Kier alpha value is -3.31. The molecule has 1 aromatic heterocycles. The van der Waals surface area contributed by atoms with E-state index in [0.717, 1.165) is 5.56 Å². The maximum Gasteiger partial charge on any atom is 0.264 e. The lowest BCUT2D eigenvalue weighted by Crippen LogP contribution is -2.39. The van der Waals surface area contributed by atoms with Crippen molar-refractivity contribution in [3.8, 4) is 5.75 Å². The lowest BCUT2D eigenvalue weighted by molar-refractivity contribution is -0.139. The first-order chi connectivity index (χ1) is 14.6. The van der Waals surface area contributed by atoms with E-state index in [-0.39, 0.29) is 12.5 Å². The quantitative estimate of drug-likeness (QED) is 0.397. The van der Waals surface area contributed by atoms with E-state index < -0.39 is 6.10 Å². The van der Waals surface area contributed by atoms with E-state index in [0.29, 0.717) is 34.3 Å². The lowest BCUT2D eigenvalue weighted by Gasteiger charge is -2.25. The third-order valence-electron chi connectivity index (χ3n) is 4.65. The molecule has 0 saturated heterocycles. The number of aromatic nitrogens is 1. The van der Waals surface area contributed by atoms with Gasteiger partial charge in [-0.2, -0.15) is 0 Å². The maximum absolute atomic E-state index is 13.2. The van der Waals surface area contributed by atoms with Crippen LogP contribution >= 0.6 is 11.6 Å². The number of oxazole rings is 1. The van der Waals surface area contributed by atoms with Gasteiger partial charge in [0, 0.05) is 11.6 Å². The zero-order chi connectivity index (χ0) is 20.9. The lowest BCUT2D eigenvalue weighted by atomic mass is 10.2. The third kappa shape index (κ3) is 4.81. The van der Waals surface area contributed by atoms with E-state index in [4.69, 9.17) is 20.8 Å². The number of nitrogens with zero attached hydrogens (tertiary/aromatic N) is 2. The Labute approximate surface area is 179 Å². The molecule has 0 aliphatic carbocycles. The van der Waals surface area contributed by atoms with Crippen molar-refractivity contribution < 1.29 is 13.9 Å². The fourth-order valence-corrected chi connectivity index (χ4v) is 3.37. The van der Waals surface area contributed by atoms with Crippen LogP contribution in [0, 0.1) is 0 Å². The van der Waals surface area contributed by atoms with Crippen molar-refractivity contribution in [1.82, 2.24) is 9.88 Å². The van der Waals surface area contributed by atoms with Crippen LogP contribution in [-0.4, -0.2) is 21.9 Å². The van der Waals surface area contributed by atoms with Crippen molar-refractivity contribution in [2.75, 3.05) is 0 Å². The van der Waals surface area contributed by atoms with Crippen LogP contribution in [0.5, 0.6) is 5.75 Å². The molecule has 5 nitrogen and oxygen atoms in total. The van der Waals surface area contributed by atoms with Crippen LogP contribution in [0.3, 0.4) is 0 Å². The van der Waals surface area contributed by atoms with Crippen LogP contribution in [0.25, 0.3) is 11.1 Å². The maximum atomic E-state index is 13.2. The number of carbonyl (C=O) groups is 1. The smallest absolute Gasteiger partial charge is 0.264 e. The van der Waals surface area contributed by atoms with E-state index in [9.17, 15) is 4.79 Å². The van der Waals surface area contributed by atoms with Crippen molar-refractivity contribution in [2.45, 2.75) is 26.1 Å². The van der Waals surface area contributed by atoms with Gasteiger partial charge in [0.05, 0.1) is 6.54 Å². The molecule has 0 saturated carbocycles. The van der Waals surface area contributed by atoms with Gasteiger partial charge < -0.3 is 14.1 Å². The number of fused-ring (bicyclic) bond motifs is 1. The Morgan fingerprint density at radius 2 is 1.73 bits per heavy atom. The molecule has 152 valence electrons. The highest BCUT2D eigenvalue weighted by atomic mass is 35.5. The first kappa shape index (κ1) is 20.0. The van der Waals surface area contributed by atoms with E-state index >= 15 is 0 Å². The van der Waals surface area contributed by atoms with E-state index in [1.165, 1.54) is 0 Å². The number of benzene rings is 3. The standard InChI is InChI=1S/C24H21ClN2O3/c1-17(29-20-10-6-3-7-11-20)24(28)27(15-18-8-4-2-5-9-18)16-23-26-21-14-19(25)12-13-22(21)30-23/h2-14,17H,15-16H2,1H3/t17-/m1/s1. The number of rotatable bonds is 7. The Morgan fingerprint density at radius 1 is 1.03 bits per heavy atom. The minimum absolute atomic E-state index is 0.150. The highest BCUT2D eigenvalue weighted by Gasteiger charge is 2.24. The summed E-state index contributed by atoms with van der Waals surface area (Å²) in [7, 11) is 0. The minimum Gasteiger partial charge on any atom is -0.481 e. The molecule has 1 heterocycles. The topological polar surface area (TPSA) is 55.6 Å². The number of hydrogen-bond donors (Lipinski definition) is 0. The van der Waals surface area contributed by atoms with Gasteiger partial charge in [-0.05, 0) is 42.8 Å². The molecule has 0 fully saturated rings. The fraction of sp³-hybridized carbons (Fsp3) is 0.167. The Balaban J connectivity index is 1.57. The molecule has 0 radical (unpaired) electrons. The summed E-state index contributed by atoms with van der Waals surface area (Å²) in [5, 5.41) is 0.587. The van der Waals surface area contributed by atoms with Crippen molar-refractivity contribution >= 4 is 28.6 Å². The predicted molar refractivity (Wildman–Crippen MR) is 116 cm³/mol. The first-order valence-electron chi connectivity index (χ1n) is 9.68. The van der Waals surface area contributed by atoms with Crippen LogP contribution < -0.4 is 4.74 Å². The second-order valence-corrected chi connectivity index (χ2v) is 7.41. The first-order valence-corrected chi connectivity index (χ1v) is 10.1. The van der Waals surface area contributed by atoms with Crippen molar-refractivity contribution in [2.24, 2.45) is 0 Å². The largest absolute Gasteiger partial charge is 0.481 e. The Kier molecular flexibility index (Phi) is 6.00. The number of para-hydroxylation sites is 1. The molecule has 6 heteroatoms. The molecule has 0 spiro atoms. The second kappa shape index (κ2) is 9.01. The van der Waals surface area contributed by atoms with Crippen LogP contribution in [0.4, 0.5) is 0 Å². The summed E-state index contributed by atoms with van der Waals surface area (Å²) in [6.07, 6.45) is -0.657. The summed E-state index contributed by atoms with van der Waals surface area (Å²) in [6.45, 7) is 2.39. The van der Waals surface area contributed by atoms with Gasteiger partial charge in [-0.1, -0.05) is 60.1 Å². The highest BCUT2D eigenvalue weighted by molar-refractivity contribution is 6.31. The molecule has 0 bridgehead atoms. The third-order valence-corrected chi connectivity index (χ3v) is 4.89. The SMILES string of the molecule is C[C@@H](Oc1ccccc1)C(=O)N(Cc1ccccc1)Cc1nc2cc(Cl)ccc2o1. The second-order valence-electron chi connectivity index (χ2n) is 6.97. The van der Waals surface area contributed by atoms with Crippen LogP contribution in [0.15, 0.2) is 83.3 Å². The number of ether oxygens (including phenoxy) is 1. The minimum atomic E-state index is -0.657. The van der Waals surface area contributed by atoms with Gasteiger partial charge in [-0.15, -0.1) is 0 Å². The van der Waals surface area contributed by atoms with E-state index in [1.807, 2.05) is 60.7 Å². The fourth-order valence-electron chi connectivity index (χ4n) is 3.21. The van der Waals surface area contributed by atoms with Gasteiger partial charge in [-0.3, -0.25) is 4.79 Å². The van der Waals surface area contributed by atoms with Gasteiger partial charge in [0.1, 0.15) is 11.3 Å². The van der Waals surface area contributed by atoms with Gasteiger partial charge in [-0.25, -0.2) is 4.98 Å². The average Bonchev–Trinajstić information content (AvgIpc) is 3.15. The summed E-state index contributed by atoms with van der Waals surface area (Å²) in [5.41, 5.74) is 2.31. The van der Waals surface area contributed by atoms with Crippen molar-refractivity contribution in [1.29, 1.82) is 0 Å². The summed E-state index contributed by atoms with van der Waals surface area (Å²) in [6, 6.07) is 24.4. The molecule has 0 unspecified atom stereocenters. The van der Waals surface area contributed by atoms with Crippen LogP contribution in [0.2, 0.25) is 5.02 Å². The van der Waals surface area contributed by atoms with Gasteiger partial charge in [0.25, 0.3) is 5.91 Å². The molecule has 4 aromatic rings. The molecule has 0 aliphatic rings. The highest BCUT2D eigenvalue weighted by Crippen LogP contribution is 2.22. The van der Waals surface area contributed by atoms with Gasteiger partial charge in [0.2, 0.25) is 5.89 Å². The van der Waals surface area contributed by atoms with Crippen molar-refractivity contribution in [3.05, 3.63) is 95.3 Å². The number of carbonyl (C=O) groups excluding carboxylic acids is 1. The van der Waals surface area contributed by atoms with Gasteiger partial charge >= 0.3 is 0 Å². The summed E-state index contributed by atoms with van der Waals surface area (Å²) in [5.74, 6) is 0.945.